The van der Waals surface area contributed by atoms with Gasteiger partial charge in [-0.15, -0.1) is 0 Å². The minimum absolute atomic E-state index is 0.0909. The Morgan fingerprint density at radius 3 is 2.39 bits per heavy atom. The van der Waals surface area contributed by atoms with Gasteiger partial charge in [0.2, 0.25) is 0 Å². The number of carbonyl (C=O) groups excluding carboxylic acids is 1. The number of pyridine rings is 1. The highest BCUT2D eigenvalue weighted by Crippen LogP contribution is 2.31. The maximum absolute atomic E-state index is 13.0. The Morgan fingerprint density at radius 2 is 1.72 bits per heavy atom. The average Bonchev–Trinajstić information content (AvgIpc) is 3.30. The van der Waals surface area contributed by atoms with E-state index in [0.29, 0.717) is 29.6 Å². The van der Waals surface area contributed by atoms with E-state index in [1.807, 2.05) is 25.1 Å². The van der Waals surface area contributed by atoms with Crippen LogP contribution in [0.25, 0.3) is 5.65 Å². The number of rotatable bonds is 7. The maximum atomic E-state index is 13.0. The summed E-state index contributed by atoms with van der Waals surface area (Å²) in [6.45, 7) is 4.56. The molecule has 7 heteroatoms. The van der Waals surface area contributed by atoms with E-state index in [9.17, 15) is 9.90 Å². The normalized spacial score (nSPS) is 14.4. The summed E-state index contributed by atoms with van der Waals surface area (Å²) in [7, 11) is 0. The van der Waals surface area contributed by atoms with Gasteiger partial charge < -0.3 is 15.3 Å². The molecule has 3 heterocycles. The van der Waals surface area contributed by atoms with E-state index in [2.05, 4.69) is 51.6 Å². The lowest BCUT2D eigenvalue weighted by Gasteiger charge is -2.34. The molecule has 0 spiro atoms. The molecule has 1 aliphatic rings. The molecule has 1 amide bonds. The lowest BCUT2D eigenvalue weighted by Crippen LogP contribution is -2.32. The van der Waals surface area contributed by atoms with Crippen molar-refractivity contribution < 1.29 is 9.90 Å². The first-order valence-electron chi connectivity index (χ1n) is 12.5. The van der Waals surface area contributed by atoms with Crippen molar-refractivity contribution in [3.05, 3.63) is 100.0 Å². The second-order valence-electron chi connectivity index (χ2n) is 9.35. The van der Waals surface area contributed by atoms with Gasteiger partial charge in [-0.3, -0.25) is 9.20 Å². The van der Waals surface area contributed by atoms with Gasteiger partial charge in [0, 0.05) is 31.5 Å². The highest BCUT2D eigenvalue weighted by molar-refractivity contribution is 6.30. The van der Waals surface area contributed by atoms with Crippen molar-refractivity contribution in [3.63, 3.8) is 0 Å². The number of piperidine rings is 1. The molecule has 0 unspecified atom stereocenters. The van der Waals surface area contributed by atoms with Gasteiger partial charge in [0.15, 0.2) is 0 Å². The Labute approximate surface area is 216 Å². The van der Waals surface area contributed by atoms with Crippen LogP contribution in [0.3, 0.4) is 0 Å². The lowest BCUT2D eigenvalue weighted by atomic mass is 9.89. The fourth-order valence-electron chi connectivity index (χ4n) is 5.01. The van der Waals surface area contributed by atoms with Crippen LogP contribution in [-0.2, 0) is 19.6 Å². The molecule has 2 N–H and O–H groups in total. The first-order chi connectivity index (χ1) is 17.6. The molecule has 0 saturated carbocycles. The number of hydrogen-bond donors (Lipinski definition) is 2. The number of anilines is 1. The third-order valence-corrected chi connectivity index (χ3v) is 7.31. The van der Waals surface area contributed by atoms with Crippen LogP contribution >= 0.6 is 11.6 Å². The SMILES string of the molecule is CCc1nc2ccc(Cl)cn2c1C(=O)NCc1ccc(N2CCC(c3ccc(CO)cc3)CC2)cc1. The molecule has 2 aromatic carbocycles. The highest BCUT2D eigenvalue weighted by Gasteiger charge is 2.21. The van der Waals surface area contributed by atoms with E-state index < -0.39 is 0 Å². The number of amides is 1. The predicted molar refractivity (Wildman–Crippen MR) is 144 cm³/mol. The second-order valence-corrected chi connectivity index (χ2v) is 9.78. The van der Waals surface area contributed by atoms with Crippen LogP contribution in [-0.4, -0.2) is 33.5 Å². The number of nitrogens with zero attached hydrogens (tertiary/aromatic N) is 3. The largest absolute Gasteiger partial charge is 0.392 e. The van der Waals surface area contributed by atoms with Gasteiger partial charge in [0.05, 0.1) is 17.3 Å². The smallest absolute Gasteiger partial charge is 0.270 e. The summed E-state index contributed by atoms with van der Waals surface area (Å²) in [4.78, 5) is 20.0. The monoisotopic (exact) mass is 502 g/mol. The summed E-state index contributed by atoms with van der Waals surface area (Å²) in [6, 6.07) is 20.4. The number of aliphatic hydroxyl groups excluding tert-OH is 1. The first kappa shape index (κ1) is 24.3. The van der Waals surface area contributed by atoms with Gasteiger partial charge in [-0.1, -0.05) is 54.9 Å². The van der Waals surface area contributed by atoms with Gasteiger partial charge in [-0.2, -0.15) is 0 Å². The average molecular weight is 503 g/mol. The molecule has 1 fully saturated rings. The van der Waals surface area contributed by atoms with Crippen LogP contribution in [0.5, 0.6) is 0 Å². The van der Waals surface area contributed by atoms with Crippen molar-refractivity contribution in [2.75, 3.05) is 18.0 Å². The zero-order valence-corrected chi connectivity index (χ0v) is 21.2. The minimum Gasteiger partial charge on any atom is -0.392 e. The van der Waals surface area contributed by atoms with Crippen molar-refractivity contribution in [2.45, 2.75) is 45.3 Å². The molecule has 6 nitrogen and oxygen atoms in total. The lowest BCUT2D eigenvalue weighted by molar-refractivity contribution is 0.0944. The summed E-state index contributed by atoms with van der Waals surface area (Å²) in [5.74, 6) is 0.408. The molecule has 1 saturated heterocycles. The number of halogens is 1. The van der Waals surface area contributed by atoms with Crippen LogP contribution in [0.2, 0.25) is 5.02 Å². The van der Waals surface area contributed by atoms with Crippen LogP contribution in [0.1, 0.15) is 58.6 Å². The molecular weight excluding hydrogens is 472 g/mol. The zero-order valence-electron chi connectivity index (χ0n) is 20.5. The molecule has 2 aromatic heterocycles. The summed E-state index contributed by atoms with van der Waals surface area (Å²) < 4.78 is 1.77. The summed E-state index contributed by atoms with van der Waals surface area (Å²) >= 11 is 6.16. The van der Waals surface area contributed by atoms with E-state index in [-0.39, 0.29) is 12.5 Å². The molecule has 0 atom stereocenters. The molecule has 0 bridgehead atoms. The summed E-state index contributed by atoms with van der Waals surface area (Å²) in [5.41, 5.74) is 6.60. The second kappa shape index (κ2) is 10.7. The predicted octanol–water partition coefficient (Wildman–Crippen LogP) is 5.36. The summed E-state index contributed by atoms with van der Waals surface area (Å²) in [5, 5.41) is 12.9. The number of fused-ring (bicyclic) bond motifs is 1. The molecule has 0 radical (unpaired) electrons. The topological polar surface area (TPSA) is 69.9 Å². The standard InChI is InChI=1S/C29H31ClN4O2/c1-2-26-28(34-18-24(30)9-12-27(34)32-26)29(36)31-17-20-5-10-25(11-6-20)33-15-13-23(14-16-33)22-7-3-21(19-35)4-8-22/h3-12,18,23,35H,2,13-17,19H2,1H3,(H,31,36). The van der Waals surface area contributed by atoms with Crippen molar-refractivity contribution in [1.29, 1.82) is 0 Å². The van der Waals surface area contributed by atoms with Crippen LogP contribution in [0.4, 0.5) is 5.69 Å². The van der Waals surface area contributed by atoms with Crippen LogP contribution in [0.15, 0.2) is 66.9 Å². The number of nitrogens with one attached hydrogen (secondary N) is 1. The van der Waals surface area contributed by atoms with Crippen molar-refractivity contribution >= 4 is 28.8 Å². The third-order valence-electron chi connectivity index (χ3n) is 7.09. The Balaban J connectivity index is 1.18. The van der Waals surface area contributed by atoms with E-state index in [1.165, 1.54) is 11.3 Å². The quantitative estimate of drug-likeness (QED) is 0.357. The molecule has 186 valence electrons. The van der Waals surface area contributed by atoms with E-state index in [1.54, 1.807) is 16.7 Å². The number of aromatic nitrogens is 2. The molecule has 36 heavy (non-hydrogen) atoms. The summed E-state index contributed by atoms with van der Waals surface area (Å²) in [6.07, 6.45) is 4.63. The number of aliphatic hydroxyl groups is 1. The fraction of sp³-hybridized carbons (Fsp3) is 0.310. The number of hydrogen-bond acceptors (Lipinski definition) is 4. The molecule has 4 aromatic rings. The molecule has 1 aliphatic heterocycles. The highest BCUT2D eigenvalue weighted by atomic mass is 35.5. The van der Waals surface area contributed by atoms with Gasteiger partial charge in [0.25, 0.3) is 5.91 Å². The first-order valence-corrected chi connectivity index (χ1v) is 12.9. The van der Waals surface area contributed by atoms with Crippen molar-refractivity contribution in [2.24, 2.45) is 0 Å². The van der Waals surface area contributed by atoms with Gasteiger partial charge in [0.1, 0.15) is 11.3 Å². The van der Waals surface area contributed by atoms with E-state index in [4.69, 9.17) is 11.6 Å². The van der Waals surface area contributed by atoms with Crippen LogP contribution in [0, 0.1) is 0 Å². The Kier molecular flexibility index (Phi) is 7.25. The van der Waals surface area contributed by atoms with Gasteiger partial charge in [-0.05, 0) is 66.1 Å². The number of benzene rings is 2. The Bertz CT molecular complexity index is 1340. The van der Waals surface area contributed by atoms with Crippen molar-refractivity contribution in [1.82, 2.24) is 14.7 Å². The van der Waals surface area contributed by atoms with Gasteiger partial charge >= 0.3 is 0 Å². The minimum atomic E-state index is -0.153. The number of imidazole rings is 1. The zero-order chi connectivity index (χ0) is 25.1. The molecular formula is C29H31ClN4O2. The van der Waals surface area contributed by atoms with E-state index >= 15 is 0 Å². The number of carbonyl (C=O) groups is 1. The van der Waals surface area contributed by atoms with Gasteiger partial charge in [-0.25, -0.2) is 4.98 Å². The van der Waals surface area contributed by atoms with Crippen molar-refractivity contribution in [3.8, 4) is 0 Å². The number of aryl methyl sites for hydroxylation is 1. The Morgan fingerprint density at radius 1 is 1.03 bits per heavy atom. The molecule has 5 rings (SSSR count). The van der Waals surface area contributed by atoms with Crippen LogP contribution < -0.4 is 10.2 Å². The maximum Gasteiger partial charge on any atom is 0.270 e. The Hall–Kier alpha value is -3.35. The third kappa shape index (κ3) is 5.11. The molecule has 0 aliphatic carbocycles. The fourth-order valence-corrected chi connectivity index (χ4v) is 5.17. The van der Waals surface area contributed by atoms with E-state index in [0.717, 1.165) is 48.4 Å².